The number of amides is 1. The van der Waals surface area contributed by atoms with Crippen LogP contribution in [0.2, 0.25) is 5.02 Å². The Morgan fingerprint density at radius 3 is 2.67 bits per heavy atom. The molecular formula is C13H16ClNO3. The van der Waals surface area contributed by atoms with E-state index in [1.807, 2.05) is 6.92 Å². The van der Waals surface area contributed by atoms with Crippen molar-refractivity contribution in [2.45, 2.75) is 6.92 Å². The van der Waals surface area contributed by atoms with E-state index in [0.717, 1.165) is 5.56 Å². The molecule has 0 N–H and O–H groups in total. The van der Waals surface area contributed by atoms with E-state index >= 15 is 0 Å². The molecule has 4 nitrogen and oxygen atoms in total. The molecule has 0 aromatic heterocycles. The predicted molar refractivity (Wildman–Crippen MR) is 69.5 cm³/mol. The summed E-state index contributed by atoms with van der Waals surface area (Å²) in [4.78, 5) is 14.2. The number of nitrogens with zero attached hydrogens (tertiary/aromatic N) is 1. The topological polar surface area (TPSA) is 38.8 Å². The maximum Gasteiger partial charge on any atom is 0.257 e. The van der Waals surface area contributed by atoms with Crippen molar-refractivity contribution in [3.05, 3.63) is 28.3 Å². The van der Waals surface area contributed by atoms with E-state index in [9.17, 15) is 4.79 Å². The van der Waals surface area contributed by atoms with Gasteiger partial charge in [-0.15, -0.1) is 0 Å². The quantitative estimate of drug-likeness (QED) is 0.826. The molecule has 0 bridgehead atoms. The van der Waals surface area contributed by atoms with Gasteiger partial charge in [0.2, 0.25) is 0 Å². The van der Waals surface area contributed by atoms with E-state index in [0.29, 0.717) is 42.6 Å². The van der Waals surface area contributed by atoms with Crippen LogP contribution in [0.15, 0.2) is 12.1 Å². The number of ether oxygens (including phenoxy) is 2. The van der Waals surface area contributed by atoms with E-state index in [1.54, 1.807) is 24.1 Å². The molecule has 5 heteroatoms. The maximum atomic E-state index is 12.4. The number of carbonyl (C=O) groups is 1. The van der Waals surface area contributed by atoms with Crippen LogP contribution in [0.25, 0.3) is 0 Å². The average Bonchev–Trinajstić information content (AvgIpc) is 2.38. The first-order chi connectivity index (χ1) is 8.63. The summed E-state index contributed by atoms with van der Waals surface area (Å²) in [5.41, 5.74) is 1.38. The lowest BCUT2D eigenvalue weighted by Gasteiger charge is -2.27. The lowest BCUT2D eigenvalue weighted by molar-refractivity contribution is 0.0301. The van der Waals surface area contributed by atoms with E-state index in [-0.39, 0.29) is 5.91 Å². The smallest absolute Gasteiger partial charge is 0.257 e. The molecular weight excluding hydrogens is 254 g/mol. The van der Waals surface area contributed by atoms with Gasteiger partial charge in [0.1, 0.15) is 5.75 Å². The third-order valence-corrected chi connectivity index (χ3v) is 3.19. The molecule has 18 heavy (non-hydrogen) atoms. The van der Waals surface area contributed by atoms with Crippen LogP contribution in [0, 0.1) is 6.92 Å². The van der Waals surface area contributed by atoms with Crippen LogP contribution < -0.4 is 4.74 Å². The maximum absolute atomic E-state index is 12.4. The number of halogens is 1. The van der Waals surface area contributed by atoms with Crippen molar-refractivity contribution in [3.8, 4) is 5.75 Å². The Hall–Kier alpha value is -1.26. The lowest BCUT2D eigenvalue weighted by Crippen LogP contribution is -2.40. The molecule has 0 unspecified atom stereocenters. The fourth-order valence-electron chi connectivity index (χ4n) is 2.10. The summed E-state index contributed by atoms with van der Waals surface area (Å²) < 4.78 is 10.5. The van der Waals surface area contributed by atoms with Gasteiger partial charge in [-0.3, -0.25) is 4.79 Å². The van der Waals surface area contributed by atoms with E-state index < -0.39 is 0 Å². The highest BCUT2D eigenvalue weighted by Gasteiger charge is 2.23. The number of carbonyl (C=O) groups excluding carboxylic acids is 1. The minimum Gasteiger partial charge on any atom is -0.496 e. The van der Waals surface area contributed by atoms with Crippen molar-refractivity contribution in [1.82, 2.24) is 4.90 Å². The largest absolute Gasteiger partial charge is 0.496 e. The van der Waals surface area contributed by atoms with Crippen molar-refractivity contribution >= 4 is 17.5 Å². The molecule has 1 saturated heterocycles. The van der Waals surface area contributed by atoms with Crippen LogP contribution in [0.5, 0.6) is 5.75 Å². The molecule has 2 rings (SSSR count). The number of aryl methyl sites for hydroxylation is 1. The second-order valence-corrected chi connectivity index (χ2v) is 4.64. The van der Waals surface area contributed by atoms with Crippen molar-refractivity contribution in [2.75, 3.05) is 33.4 Å². The van der Waals surface area contributed by atoms with Gasteiger partial charge in [-0.1, -0.05) is 11.6 Å². The SMILES string of the molecule is COc1c(C)cc(Cl)cc1C(=O)N1CCOCC1. The van der Waals surface area contributed by atoms with E-state index in [1.165, 1.54) is 0 Å². The molecule has 98 valence electrons. The Kier molecular flexibility index (Phi) is 4.09. The Morgan fingerprint density at radius 1 is 1.39 bits per heavy atom. The van der Waals surface area contributed by atoms with Crippen molar-refractivity contribution in [1.29, 1.82) is 0 Å². The highest BCUT2D eigenvalue weighted by Crippen LogP contribution is 2.28. The molecule has 0 aliphatic carbocycles. The molecule has 0 atom stereocenters. The molecule has 1 aliphatic rings. The minimum absolute atomic E-state index is 0.0549. The van der Waals surface area contributed by atoms with Gasteiger partial charge in [0, 0.05) is 18.1 Å². The summed E-state index contributed by atoms with van der Waals surface area (Å²) in [5, 5.41) is 0.546. The van der Waals surface area contributed by atoms with Crippen molar-refractivity contribution in [3.63, 3.8) is 0 Å². The van der Waals surface area contributed by atoms with Gasteiger partial charge in [-0.2, -0.15) is 0 Å². The van der Waals surface area contributed by atoms with Crippen LogP contribution >= 0.6 is 11.6 Å². The van der Waals surface area contributed by atoms with Crippen LogP contribution in [-0.4, -0.2) is 44.2 Å². The van der Waals surface area contributed by atoms with Crippen molar-refractivity contribution < 1.29 is 14.3 Å². The molecule has 1 amide bonds. The van der Waals surface area contributed by atoms with Crippen LogP contribution in [0.1, 0.15) is 15.9 Å². The monoisotopic (exact) mass is 269 g/mol. The number of benzene rings is 1. The number of morpholine rings is 1. The summed E-state index contributed by atoms with van der Waals surface area (Å²) in [5.74, 6) is 0.539. The first-order valence-corrected chi connectivity index (χ1v) is 6.22. The lowest BCUT2D eigenvalue weighted by atomic mass is 10.1. The Bertz CT molecular complexity index is 456. The summed E-state index contributed by atoms with van der Waals surface area (Å²) in [7, 11) is 1.56. The normalized spacial score (nSPS) is 15.6. The van der Waals surface area contributed by atoms with Crippen LogP contribution in [0.4, 0.5) is 0 Å². The highest BCUT2D eigenvalue weighted by atomic mass is 35.5. The van der Waals surface area contributed by atoms with E-state index in [4.69, 9.17) is 21.1 Å². The minimum atomic E-state index is -0.0549. The third-order valence-electron chi connectivity index (χ3n) is 2.97. The van der Waals surface area contributed by atoms with Gasteiger partial charge < -0.3 is 14.4 Å². The molecule has 1 fully saturated rings. The number of hydrogen-bond acceptors (Lipinski definition) is 3. The zero-order valence-corrected chi connectivity index (χ0v) is 11.3. The Balaban J connectivity index is 2.33. The third kappa shape index (κ3) is 2.60. The molecule has 1 aromatic rings. The first kappa shape index (κ1) is 13.2. The van der Waals surface area contributed by atoms with Crippen LogP contribution in [-0.2, 0) is 4.74 Å². The summed E-state index contributed by atoms with van der Waals surface area (Å²) in [6.07, 6.45) is 0. The molecule has 1 aliphatic heterocycles. The summed E-state index contributed by atoms with van der Waals surface area (Å²) >= 11 is 6.01. The van der Waals surface area contributed by atoms with Gasteiger partial charge in [0.15, 0.2) is 0 Å². The molecule has 1 aromatic carbocycles. The Morgan fingerprint density at radius 2 is 2.06 bits per heavy atom. The van der Waals surface area contributed by atoms with Gasteiger partial charge >= 0.3 is 0 Å². The molecule has 0 spiro atoms. The summed E-state index contributed by atoms with van der Waals surface area (Å²) in [6, 6.07) is 3.45. The standard InChI is InChI=1S/C13H16ClNO3/c1-9-7-10(14)8-11(12(9)17-2)13(16)15-3-5-18-6-4-15/h7-8H,3-6H2,1-2H3. The number of hydrogen-bond donors (Lipinski definition) is 0. The second-order valence-electron chi connectivity index (χ2n) is 4.21. The highest BCUT2D eigenvalue weighted by molar-refractivity contribution is 6.31. The van der Waals surface area contributed by atoms with Gasteiger partial charge in [-0.25, -0.2) is 0 Å². The van der Waals surface area contributed by atoms with E-state index in [2.05, 4.69) is 0 Å². The Labute approximate surface area is 111 Å². The second kappa shape index (κ2) is 5.59. The van der Waals surface area contributed by atoms with Gasteiger partial charge in [0.05, 0.1) is 25.9 Å². The molecule has 0 radical (unpaired) electrons. The average molecular weight is 270 g/mol. The molecule has 1 heterocycles. The molecule has 0 saturated carbocycles. The van der Waals surface area contributed by atoms with Gasteiger partial charge in [-0.05, 0) is 24.6 Å². The predicted octanol–water partition coefficient (Wildman–Crippen LogP) is 2.13. The van der Waals surface area contributed by atoms with Crippen LogP contribution in [0.3, 0.4) is 0 Å². The zero-order chi connectivity index (χ0) is 13.1. The fraction of sp³-hybridized carbons (Fsp3) is 0.462. The van der Waals surface area contributed by atoms with Gasteiger partial charge in [0.25, 0.3) is 5.91 Å². The fourth-order valence-corrected chi connectivity index (χ4v) is 2.37. The summed E-state index contributed by atoms with van der Waals surface area (Å²) in [6.45, 7) is 4.24. The van der Waals surface area contributed by atoms with Crippen molar-refractivity contribution in [2.24, 2.45) is 0 Å². The first-order valence-electron chi connectivity index (χ1n) is 5.84. The zero-order valence-electron chi connectivity index (χ0n) is 10.5. The number of methoxy groups -OCH3 is 1. The number of rotatable bonds is 2.